The van der Waals surface area contributed by atoms with Gasteiger partial charge in [-0.2, -0.15) is 0 Å². The third kappa shape index (κ3) is 2.33. The van der Waals surface area contributed by atoms with Gasteiger partial charge in [-0.25, -0.2) is 4.98 Å². The fourth-order valence-electron chi connectivity index (χ4n) is 2.74. The molecule has 1 aliphatic rings. The van der Waals surface area contributed by atoms with Crippen LogP contribution in [-0.4, -0.2) is 23.2 Å². The van der Waals surface area contributed by atoms with Crippen molar-refractivity contribution in [1.82, 2.24) is 9.97 Å². The third-order valence-corrected chi connectivity index (χ3v) is 5.63. The Labute approximate surface area is 129 Å². The van der Waals surface area contributed by atoms with Gasteiger partial charge < -0.3 is 9.72 Å². The van der Waals surface area contributed by atoms with Crippen molar-refractivity contribution in [2.75, 3.05) is 13.2 Å². The third-order valence-electron chi connectivity index (χ3n) is 3.86. The lowest BCUT2D eigenvalue weighted by molar-refractivity contribution is 0.0836. The Balaban J connectivity index is 1.83. The van der Waals surface area contributed by atoms with E-state index in [1.807, 2.05) is 22.9 Å². The van der Waals surface area contributed by atoms with Crippen LogP contribution in [0.4, 0.5) is 0 Å². The van der Waals surface area contributed by atoms with Crippen molar-refractivity contribution in [3.05, 3.63) is 39.1 Å². The minimum atomic E-state index is -0.0221. The van der Waals surface area contributed by atoms with Gasteiger partial charge in [-0.3, -0.25) is 4.79 Å². The van der Waals surface area contributed by atoms with E-state index in [0.29, 0.717) is 5.92 Å². The highest BCUT2D eigenvalue weighted by atomic mass is 32.1. The van der Waals surface area contributed by atoms with Crippen LogP contribution in [0, 0.1) is 0 Å². The minimum Gasteiger partial charge on any atom is -0.381 e. The summed E-state index contributed by atoms with van der Waals surface area (Å²) in [7, 11) is 0. The van der Waals surface area contributed by atoms with Gasteiger partial charge in [-0.05, 0) is 24.3 Å². The van der Waals surface area contributed by atoms with E-state index in [0.717, 1.165) is 52.5 Å². The molecule has 4 nitrogen and oxygen atoms in total. The maximum atomic E-state index is 12.5. The standard InChI is InChI=1S/C15H14N2O2S2/c18-14-12-10(11-2-1-7-20-11)8-21-15(12)17-13(16-14)9-3-5-19-6-4-9/h1-2,7-9H,3-6H2,(H,16,17,18). The molecule has 0 atom stereocenters. The molecule has 0 radical (unpaired) electrons. The second kappa shape index (κ2) is 5.36. The van der Waals surface area contributed by atoms with E-state index < -0.39 is 0 Å². The van der Waals surface area contributed by atoms with Crippen LogP contribution in [0.2, 0.25) is 0 Å². The quantitative estimate of drug-likeness (QED) is 0.785. The number of fused-ring (bicyclic) bond motifs is 1. The molecule has 4 heterocycles. The van der Waals surface area contributed by atoms with E-state index in [1.165, 1.54) is 0 Å². The largest absolute Gasteiger partial charge is 0.381 e. The number of hydrogen-bond acceptors (Lipinski definition) is 5. The van der Waals surface area contributed by atoms with Crippen LogP contribution in [0.15, 0.2) is 27.7 Å². The van der Waals surface area contributed by atoms with Crippen LogP contribution < -0.4 is 5.56 Å². The van der Waals surface area contributed by atoms with Crippen LogP contribution in [0.1, 0.15) is 24.6 Å². The molecule has 0 aliphatic carbocycles. The SMILES string of the molecule is O=c1[nH]c(C2CCOCC2)nc2scc(-c3cccs3)c12. The number of nitrogens with zero attached hydrogens (tertiary/aromatic N) is 1. The highest BCUT2D eigenvalue weighted by Gasteiger charge is 2.20. The lowest BCUT2D eigenvalue weighted by atomic mass is 9.99. The zero-order valence-corrected chi connectivity index (χ0v) is 12.9. The Morgan fingerprint density at radius 2 is 2.14 bits per heavy atom. The summed E-state index contributed by atoms with van der Waals surface area (Å²) in [5.41, 5.74) is 0.975. The number of ether oxygens (including phenoxy) is 1. The van der Waals surface area contributed by atoms with Crippen molar-refractivity contribution in [3.63, 3.8) is 0 Å². The normalized spacial score (nSPS) is 16.6. The highest BCUT2D eigenvalue weighted by Crippen LogP contribution is 2.34. The maximum Gasteiger partial charge on any atom is 0.260 e. The molecule has 1 saturated heterocycles. The van der Waals surface area contributed by atoms with Crippen LogP contribution >= 0.6 is 22.7 Å². The zero-order valence-electron chi connectivity index (χ0n) is 11.3. The van der Waals surface area contributed by atoms with Crippen molar-refractivity contribution in [1.29, 1.82) is 0 Å². The number of hydrogen-bond donors (Lipinski definition) is 1. The molecular weight excluding hydrogens is 304 g/mol. The molecule has 6 heteroatoms. The maximum absolute atomic E-state index is 12.5. The fraction of sp³-hybridized carbons (Fsp3) is 0.333. The highest BCUT2D eigenvalue weighted by molar-refractivity contribution is 7.18. The Bertz CT molecular complexity index is 814. The Morgan fingerprint density at radius 1 is 1.29 bits per heavy atom. The van der Waals surface area contributed by atoms with Gasteiger partial charge in [0, 0.05) is 35.0 Å². The van der Waals surface area contributed by atoms with Gasteiger partial charge in [0.25, 0.3) is 5.56 Å². The number of aromatic amines is 1. The topological polar surface area (TPSA) is 55.0 Å². The minimum absolute atomic E-state index is 0.0221. The van der Waals surface area contributed by atoms with Crippen molar-refractivity contribution in [3.8, 4) is 10.4 Å². The molecule has 3 aromatic heterocycles. The average Bonchev–Trinajstić information content (AvgIpc) is 3.17. The molecule has 0 amide bonds. The van der Waals surface area contributed by atoms with E-state index in [1.54, 1.807) is 22.7 Å². The van der Waals surface area contributed by atoms with Gasteiger partial charge in [-0.15, -0.1) is 22.7 Å². The van der Waals surface area contributed by atoms with Crippen LogP contribution in [0.5, 0.6) is 0 Å². The Morgan fingerprint density at radius 3 is 2.90 bits per heavy atom. The fourth-order valence-corrected chi connectivity index (χ4v) is 4.51. The number of H-pyrrole nitrogens is 1. The van der Waals surface area contributed by atoms with Crippen molar-refractivity contribution in [2.45, 2.75) is 18.8 Å². The van der Waals surface area contributed by atoms with Crippen LogP contribution in [0.25, 0.3) is 20.7 Å². The number of rotatable bonds is 2. The number of aromatic nitrogens is 2. The van der Waals surface area contributed by atoms with Gasteiger partial charge in [0.15, 0.2) is 0 Å². The molecule has 1 N–H and O–H groups in total. The van der Waals surface area contributed by atoms with Crippen LogP contribution in [0.3, 0.4) is 0 Å². The summed E-state index contributed by atoms with van der Waals surface area (Å²) < 4.78 is 5.38. The molecule has 108 valence electrons. The summed E-state index contributed by atoms with van der Waals surface area (Å²) in [6.45, 7) is 1.49. The monoisotopic (exact) mass is 318 g/mol. The summed E-state index contributed by atoms with van der Waals surface area (Å²) in [4.78, 5) is 22.2. The van der Waals surface area contributed by atoms with E-state index in [-0.39, 0.29) is 5.56 Å². The molecule has 3 aromatic rings. The van der Waals surface area contributed by atoms with E-state index in [9.17, 15) is 4.79 Å². The predicted molar refractivity (Wildman–Crippen MR) is 86.3 cm³/mol. The summed E-state index contributed by atoms with van der Waals surface area (Å²) >= 11 is 3.19. The van der Waals surface area contributed by atoms with Gasteiger partial charge in [0.1, 0.15) is 10.7 Å². The molecule has 0 unspecified atom stereocenters. The molecular formula is C15H14N2O2S2. The number of nitrogens with one attached hydrogen (secondary N) is 1. The Hall–Kier alpha value is -1.50. The first-order valence-corrected chi connectivity index (χ1v) is 8.72. The van der Waals surface area contributed by atoms with Gasteiger partial charge in [0.2, 0.25) is 0 Å². The molecule has 1 aliphatic heterocycles. The molecule has 0 bridgehead atoms. The predicted octanol–water partition coefficient (Wildman–Crippen LogP) is 3.61. The lowest BCUT2D eigenvalue weighted by Gasteiger charge is -2.20. The van der Waals surface area contributed by atoms with Crippen molar-refractivity contribution in [2.24, 2.45) is 0 Å². The molecule has 0 saturated carbocycles. The second-order valence-corrected chi connectivity index (χ2v) is 6.95. The first-order chi connectivity index (χ1) is 10.3. The zero-order chi connectivity index (χ0) is 14.2. The summed E-state index contributed by atoms with van der Waals surface area (Å²) in [6.07, 6.45) is 1.86. The lowest BCUT2D eigenvalue weighted by Crippen LogP contribution is -2.20. The van der Waals surface area contributed by atoms with Crippen molar-refractivity contribution < 1.29 is 4.74 Å². The van der Waals surface area contributed by atoms with Crippen LogP contribution in [-0.2, 0) is 4.74 Å². The van der Waals surface area contributed by atoms with Gasteiger partial charge in [-0.1, -0.05) is 6.07 Å². The molecule has 0 spiro atoms. The number of thiophene rings is 2. The van der Waals surface area contributed by atoms with Crippen molar-refractivity contribution >= 4 is 32.9 Å². The smallest absolute Gasteiger partial charge is 0.260 e. The first-order valence-electron chi connectivity index (χ1n) is 6.96. The van der Waals surface area contributed by atoms with E-state index in [4.69, 9.17) is 9.72 Å². The van der Waals surface area contributed by atoms with Gasteiger partial charge in [0.05, 0.1) is 5.39 Å². The summed E-state index contributed by atoms with van der Waals surface area (Å²) in [6, 6.07) is 4.04. The summed E-state index contributed by atoms with van der Waals surface area (Å²) in [5, 5.41) is 4.78. The molecule has 1 fully saturated rings. The Kier molecular flexibility index (Phi) is 3.37. The second-order valence-electron chi connectivity index (χ2n) is 5.14. The molecule has 4 rings (SSSR count). The van der Waals surface area contributed by atoms with Gasteiger partial charge >= 0.3 is 0 Å². The molecule has 0 aromatic carbocycles. The van der Waals surface area contributed by atoms with E-state index in [2.05, 4.69) is 4.98 Å². The first kappa shape index (κ1) is 13.2. The summed E-state index contributed by atoms with van der Waals surface area (Å²) in [5.74, 6) is 1.12. The van der Waals surface area contributed by atoms with E-state index >= 15 is 0 Å². The molecule has 21 heavy (non-hydrogen) atoms. The average molecular weight is 318 g/mol.